The Balaban J connectivity index is 1.42. The van der Waals surface area contributed by atoms with Crippen LogP contribution in [0.4, 0.5) is 17.1 Å². The van der Waals surface area contributed by atoms with E-state index in [0.717, 1.165) is 48.6 Å². The second-order valence-corrected chi connectivity index (χ2v) is 8.99. The summed E-state index contributed by atoms with van der Waals surface area (Å²) in [5.41, 5.74) is 6.36. The summed E-state index contributed by atoms with van der Waals surface area (Å²) in [5, 5.41) is 6.85. The van der Waals surface area contributed by atoms with Crippen molar-refractivity contribution in [3.05, 3.63) is 70.5 Å². The lowest BCUT2D eigenvalue weighted by atomic mass is 10.0. The lowest BCUT2D eigenvalue weighted by Crippen LogP contribution is -2.44. The van der Waals surface area contributed by atoms with Crippen LogP contribution in [0.2, 0.25) is 0 Å². The number of aromatic nitrogens is 3. The van der Waals surface area contributed by atoms with E-state index in [4.69, 9.17) is 0 Å². The van der Waals surface area contributed by atoms with Gasteiger partial charge in [0.05, 0.1) is 16.8 Å². The van der Waals surface area contributed by atoms with Crippen molar-refractivity contribution in [2.75, 3.05) is 43.4 Å². The molecule has 1 aliphatic rings. The number of carbonyl (C=O) groups excluding carboxylic acids is 1. The quantitative estimate of drug-likeness (QED) is 0.412. The van der Waals surface area contributed by atoms with E-state index in [9.17, 15) is 9.70 Å². The maximum absolute atomic E-state index is 13.1. The fourth-order valence-electron chi connectivity index (χ4n) is 4.60. The highest BCUT2D eigenvalue weighted by molar-refractivity contribution is 6.11. The highest BCUT2D eigenvalue weighted by atomic mass is 16.3. The van der Waals surface area contributed by atoms with Gasteiger partial charge in [0.25, 0.3) is 5.91 Å². The average molecular weight is 470 g/mol. The fourth-order valence-corrected chi connectivity index (χ4v) is 4.60. The zero-order chi connectivity index (χ0) is 24.5. The Kier molecular flexibility index (Phi) is 6.00. The minimum atomic E-state index is -0.210. The molecule has 9 nitrogen and oxygen atoms in total. The van der Waals surface area contributed by atoms with Crippen LogP contribution in [0.3, 0.4) is 0 Å². The smallest absolute Gasteiger partial charge is 0.255 e. The molecule has 0 saturated carbocycles. The first-order valence-corrected chi connectivity index (χ1v) is 11.6. The number of H-pyrrole nitrogens is 1. The standard InChI is InChI=1S/C26H27N7O2/c1-16-12-19(13-17(2)23(16)31-35)24-22-21(14-27-25(22)29-15-28-24)30-26(34)18-4-6-20(7-5-18)33-10-8-32(3)9-11-33/h4-7,12-15H,8-11H2,1-3H3,(H,30,34)(H,27,28,29). The Hall–Kier alpha value is -4.11. The minimum absolute atomic E-state index is 0.210. The molecule has 0 radical (unpaired) electrons. The van der Waals surface area contributed by atoms with Crippen LogP contribution in [0.15, 0.2) is 54.1 Å². The second-order valence-electron chi connectivity index (χ2n) is 8.99. The first-order chi connectivity index (χ1) is 16.9. The molecule has 2 aromatic heterocycles. The molecule has 9 heteroatoms. The summed E-state index contributed by atoms with van der Waals surface area (Å²) in [6, 6.07) is 11.5. The molecule has 0 bridgehead atoms. The van der Waals surface area contributed by atoms with Crippen molar-refractivity contribution in [1.82, 2.24) is 19.9 Å². The molecule has 35 heavy (non-hydrogen) atoms. The number of nitroso groups, excluding NO2 is 1. The van der Waals surface area contributed by atoms with Gasteiger partial charge in [-0.2, -0.15) is 0 Å². The molecule has 2 N–H and O–H groups in total. The van der Waals surface area contributed by atoms with Crippen LogP contribution in [0, 0.1) is 18.8 Å². The zero-order valence-corrected chi connectivity index (χ0v) is 20.0. The number of rotatable bonds is 5. The second kappa shape index (κ2) is 9.27. The summed E-state index contributed by atoms with van der Waals surface area (Å²) >= 11 is 0. The fraction of sp³-hybridized carbons (Fsp3) is 0.269. The molecule has 1 amide bonds. The molecule has 0 atom stereocenters. The predicted molar refractivity (Wildman–Crippen MR) is 138 cm³/mol. The van der Waals surface area contributed by atoms with E-state index < -0.39 is 0 Å². The van der Waals surface area contributed by atoms with E-state index in [1.807, 2.05) is 50.2 Å². The molecule has 2 aromatic carbocycles. The molecule has 0 unspecified atom stereocenters. The summed E-state index contributed by atoms with van der Waals surface area (Å²) in [5.74, 6) is -0.210. The van der Waals surface area contributed by atoms with Crippen molar-refractivity contribution < 1.29 is 4.79 Å². The molecular weight excluding hydrogens is 442 g/mol. The van der Waals surface area contributed by atoms with Gasteiger partial charge < -0.3 is 20.1 Å². The van der Waals surface area contributed by atoms with E-state index >= 15 is 0 Å². The Morgan fingerprint density at radius 2 is 1.71 bits per heavy atom. The number of aryl methyl sites for hydroxylation is 2. The van der Waals surface area contributed by atoms with Crippen LogP contribution in [0.1, 0.15) is 21.5 Å². The molecule has 5 rings (SSSR count). The molecule has 0 aliphatic carbocycles. The third kappa shape index (κ3) is 4.38. The highest BCUT2D eigenvalue weighted by Crippen LogP contribution is 2.35. The number of piperazine rings is 1. The maximum Gasteiger partial charge on any atom is 0.255 e. The van der Waals surface area contributed by atoms with Crippen molar-refractivity contribution in [2.45, 2.75) is 13.8 Å². The summed E-state index contributed by atoms with van der Waals surface area (Å²) in [4.78, 5) is 40.8. The number of amides is 1. The molecule has 178 valence electrons. The van der Waals surface area contributed by atoms with Crippen LogP contribution in [0.5, 0.6) is 0 Å². The Labute approximate surface area is 203 Å². The maximum atomic E-state index is 13.1. The topological polar surface area (TPSA) is 107 Å². The van der Waals surface area contributed by atoms with Crippen molar-refractivity contribution in [2.24, 2.45) is 5.18 Å². The molecule has 1 saturated heterocycles. The van der Waals surface area contributed by atoms with Crippen LogP contribution < -0.4 is 10.2 Å². The van der Waals surface area contributed by atoms with Crippen LogP contribution in [-0.4, -0.2) is 59.0 Å². The van der Waals surface area contributed by atoms with E-state index in [1.165, 1.54) is 6.33 Å². The van der Waals surface area contributed by atoms with Gasteiger partial charge in [-0.25, -0.2) is 9.97 Å². The van der Waals surface area contributed by atoms with Gasteiger partial charge in [0.15, 0.2) is 0 Å². The first kappa shape index (κ1) is 22.7. The SMILES string of the molecule is Cc1cc(-c2ncnc3[nH]cc(NC(=O)c4ccc(N5CCN(C)CC5)cc4)c23)cc(C)c1N=O. The van der Waals surface area contributed by atoms with E-state index in [1.54, 1.807) is 6.20 Å². The van der Waals surface area contributed by atoms with Crippen molar-refractivity contribution in [3.63, 3.8) is 0 Å². The number of aromatic amines is 1. The number of nitrogens with one attached hydrogen (secondary N) is 2. The number of carbonyl (C=O) groups is 1. The van der Waals surface area contributed by atoms with Crippen molar-refractivity contribution in [3.8, 4) is 11.3 Å². The highest BCUT2D eigenvalue weighted by Gasteiger charge is 2.18. The monoisotopic (exact) mass is 469 g/mol. The lowest BCUT2D eigenvalue weighted by Gasteiger charge is -2.34. The largest absolute Gasteiger partial charge is 0.369 e. The average Bonchev–Trinajstić information content (AvgIpc) is 3.27. The number of anilines is 2. The number of likely N-dealkylation sites (N-methyl/N-ethyl adjacent to an activating group) is 1. The van der Waals surface area contributed by atoms with Gasteiger partial charge in [0.1, 0.15) is 17.7 Å². The van der Waals surface area contributed by atoms with Gasteiger partial charge in [-0.3, -0.25) is 4.79 Å². The Morgan fingerprint density at radius 3 is 2.37 bits per heavy atom. The summed E-state index contributed by atoms with van der Waals surface area (Å²) in [7, 11) is 2.13. The summed E-state index contributed by atoms with van der Waals surface area (Å²) in [6.45, 7) is 7.70. The third-order valence-electron chi connectivity index (χ3n) is 6.57. The number of hydrogen-bond acceptors (Lipinski definition) is 7. The number of hydrogen-bond donors (Lipinski definition) is 2. The van der Waals surface area contributed by atoms with E-state index in [0.29, 0.717) is 33.7 Å². The third-order valence-corrected chi connectivity index (χ3v) is 6.57. The lowest BCUT2D eigenvalue weighted by molar-refractivity contribution is 0.102. The van der Waals surface area contributed by atoms with Crippen molar-refractivity contribution >= 4 is 34.0 Å². The van der Waals surface area contributed by atoms with E-state index in [2.05, 4.69) is 42.3 Å². The number of fused-ring (bicyclic) bond motifs is 1. The molecule has 4 aromatic rings. The normalized spacial score (nSPS) is 14.3. The first-order valence-electron chi connectivity index (χ1n) is 11.6. The summed E-state index contributed by atoms with van der Waals surface area (Å²) in [6.07, 6.45) is 3.20. The Morgan fingerprint density at radius 1 is 1.03 bits per heavy atom. The molecule has 1 aliphatic heterocycles. The van der Waals surface area contributed by atoms with Gasteiger partial charge in [0, 0.05) is 49.2 Å². The van der Waals surface area contributed by atoms with Crippen LogP contribution >= 0.6 is 0 Å². The number of nitrogens with zero attached hydrogens (tertiary/aromatic N) is 5. The molecule has 3 heterocycles. The van der Waals surface area contributed by atoms with Crippen LogP contribution in [-0.2, 0) is 0 Å². The summed E-state index contributed by atoms with van der Waals surface area (Å²) < 4.78 is 0. The minimum Gasteiger partial charge on any atom is -0.369 e. The molecule has 1 fully saturated rings. The van der Waals surface area contributed by atoms with E-state index in [-0.39, 0.29) is 5.91 Å². The van der Waals surface area contributed by atoms with Gasteiger partial charge in [-0.15, -0.1) is 4.91 Å². The van der Waals surface area contributed by atoms with Gasteiger partial charge in [-0.05, 0) is 73.6 Å². The Bertz CT molecular complexity index is 1380. The van der Waals surface area contributed by atoms with Crippen LogP contribution in [0.25, 0.3) is 22.3 Å². The van der Waals surface area contributed by atoms with Gasteiger partial charge in [0.2, 0.25) is 0 Å². The van der Waals surface area contributed by atoms with Gasteiger partial charge in [-0.1, -0.05) is 0 Å². The van der Waals surface area contributed by atoms with Crippen molar-refractivity contribution in [1.29, 1.82) is 0 Å². The predicted octanol–water partition coefficient (Wildman–Crippen LogP) is 4.64. The zero-order valence-electron chi connectivity index (χ0n) is 20.0. The number of benzene rings is 2. The van der Waals surface area contributed by atoms with Gasteiger partial charge >= 0.3 is 0 Å². The molecular formula is C26H27N7O2. The molecule has 0 spiro atoms.